The van der Waals surface area contributed by atoms with E-state index in [-0.39, 0.29) is 0 Å². The molecule has 0 saturated heterocycles. The first-order valence-corrected chi connectivity index (χ1v) is 4.30. The van der Waals surface area contributed by atoms with Crippen LogP contribution < -0.4 is 0 Å². The fourth-order valence-corrected chi connectivity index (χ4v) is 1.20. The van der Waals surface area contributed by atoms with Crippen molar-refractivity contribution in [2.75, 3.05) is 0 Å². The lowest BCUT2D eigenvalue weighted by Gasteiger charge is -2.01. The normalized spacial score (nSPS) is 10.2. The van der Waals surface area contributed by atoms with Gasteiger partial charge in [0.1, 0.15) is 0 Å². The molecular weight excluding hydrogens is 156 g/mol. The zero-order valence-corrected chi connectivity index (χ0v) is 7.96. The van der Waals surface area contributed by atoms with Gasteiger partial charge in [-0.15, -0.1) is 0 Å². The Bertz CT molecular complexity index is 343. The van der Waals surface area contributed by atoms with Crippen LogP contribution in [0.2, 0.25) is 0 Å². The van der Waals surface area contributed by atoms with Crippen LogP contribution in [0.5, 0.6) is 0 Å². The third kappa shape index (κ3) is 2.45. The highest BCUT2D eigenvalue weighted by molar-refractivity contribution is 5.65. The van der Waals surface area contributed by atoms with E-state index in [0.717, 1.165) is 5.56 Å². The molecule has 1 aromatic carbocycles. The van der Waals surface area contributed by atoms with Gasteiger partial charge in [-0.1, -0.05) is 61.2 Å². The van der Waals surface area contributed by atoms with Crippen LogP contribution in [0.3, 0.4) is 0 Å². The molecule has 13 heavy (non-hydrogen) atoms. The number of allylic oxidation sites excluding steroid dienone is 2. The van der Waals surface area contributed by atoms with Gasteiger partial charge in [-0.25, -0.2) is 0 Å². The second-order valence-corrected chi connectivity index (χ2v) is 2.93. The average Bonchev–Trinajstić information content (AvgIpc) is 2.15. The van der Waals surface area contributed by atoms with Gasteiger partial charge in [-0.3, -0.25) is 0 Å². The second kappa shape index (κ2) is 4.46. The fourth-order valence-electron chi connectivity index (χ4n) is 1.20. The predicted octanol–water partition coefficient (Wildman–Crippen LogP) is 3.84. The Morgan fingerprint density at radius 2 is 1.92 bits per heavy atom. The van der Waals surface area contributed by atoms with Gasteiger partial charge in [0.15, 0.2) is 0 Å². The molecule has 0 aliphatic carbocycles. The highest BCUT2D eigenvalue weighted by atomic mass is 14.0. The largest absolute Gasteiger partial charge is 0.0991 e. The third-order valence-corrected chi connectivity index (χ3v) is 1.87. The molecule has 0 nitrogen and oxygen atoms in total. The molecule has 0 N–H and O–H groups in total. The van der Waals surface area contributed by atoms with E-state index in [1.165, 1.54) is 11.1 Å². The van der Waals surface area contributed by atoms with E-state index in [1.807, 2.05) is 18.2 Å². The Kier molecular flexibility index (Phi) is 3.27. The quantitative estimate of drug-likeness (QED) is 0.605. The van der Waals surface area contributed by atoms with Gasteiger partial charge in [0, 0.05) is 0 Å². The molecule has 1 rings (SSSR count). The molecule has 66 valence electrons. The zero-order chi connectivity index (χ0) is 9.68. The summed E-state index contributed by atoms with van der Waals surface area (Å²) in [5, 5.41) is 0. The van der Waals surface area contributed by atoms with Crippen molar-refractivity contribution >= 4 is 12.2 Å². The van der Waals surface area contributed by atoms with Crippen molar-refractivity contribution in [2.24, 2.45) is 0 Å². The first-order chi connectivity index (χ1) is 6.27. The van der Waals surface area contributed by atoms with E-state index in [2.05, 4.69) is 38.3 Å². The minimum atomic E-state index is 1.16. The molecule has 0 aromatic heterocycles. The Morgan fingerprint density at radius 3 is 2.54 bits per heavy atom. The zero-order valence-electron chi connectivity index (χ0n) is 7.96. The van der Waals surface area contributed by atoms with Gasteiger partial charge in [-0.2, -0.15) is 0 Å². The Morgan fingerprint density at radius 1 is 1.15 bits per heavy atom. The van der Waals surface area contributed by atoms with Crippen LogP contribution in [0, 0.1) is 6.92 Å². The van der Waals surface area contributed by atoms with Gasteiger partial charge in [0.2, 0.25) is 0 Å². The topological polar surface area (TPSA) is 0 Å². The van der Waals surface area contributed by atoms with Gasteiger partial charge in [-0.05, 0) is 18.1 Å². The summed E-state index contributed by atoms with van der Waals surface area (Å²) in [4.78, 5) is 0. The van der Waals surface area contributed by atoms with Crippen molar-refractivity contribution in [3.63, 3.8) is 0 Å². The van der Waals surface area contributed by atoms with Gasteiger partial charge in [0.05, 0.1) is 0 Å². The lowest BCUT2D eigenvalue weighted by Crippen LogP contribution is -1.81. The molecule has 0 saturated carbocycles. The van der Waals surface area contributed by atoms with Crippen LogP contribution in [0.25, 0.3) is 12.2 Å². The van der Waals surface area contributed by atoms with Gasteiger partial charge in [0.25, 0.3) is 0 Å². The number of rotatable bonds is 3. The Hall–Kier alpha value is -1.56. The molecule has 0 unspecified atom stereocenters. The average molecular weight is 170 g/mol. The van der Waals surface area contributed by atoms with Crippen molar-refractivity contribution in [2.45, 2.75) is 6.92 Å². The first kappa shape index (κ1) is 9.53. The molecular formula is C13H14. The lowest BCUT2D eigenvalue weighted by atomic mass is 10.0. The summed E-state index contributed by atoms with van der Waals surface area (Å²) >= 11 is 0. The molecule has 0 aliphatic heterocycles. The smallest absolute Gasteiger partial charge is 0.0182 e. The molecule has 0 heteroatoms. The highest BCUT2D eigenvalue weighted by Crippen LogP contribution is 2.14. The number of aryl methyl sites for hydroxylation is 1. The second-order valence-electron chi connectivity index (χ2n) is 2.93. The first-order valence-electron chi connectivity index (χ1n) is 4.30. The summed E-state index contributed by atoms with van der Waals surface area (Å²) in [5.41, 5.74) is 3.60. The molecule has 0 radical (unpaired) electrons. The molecule has 0 aliphatic rings. The van der Waals surface area contributed by atoms with E-state index in [4.69, 9.17) is 0 Å². The lowest BCUT2D eigenvalue weighted by molar-refractivity contribution is 1.45. The van der Waals surface area contributed by atoms with Crippen LogP contribution in [0.4, 0.5) is 0 Å². The molecule has 0 fully saturated rings. The summed E-state index contributed by atoms with van der Waals surface area (Å²) in [6.45, 7) is 9.49. The molecule has 0 amide bonds. The fraction of sp³-hybridized carbons (Fsp3) is 0.0769. The van der Waals surface area contributed by atoms with Gasteiger partial charge < -0.3 is 0 Å². The maximum Gasteiger partial charge on any atom is -0.0182 e. The minimum absolute atomic E-state index is 1.16. The number of hydrogen-bond donors (Lipinski definition) is 0. The van der Waals surface area contributed by atoms with Crippen LogP contribution in [-0.2, 0) is 0 Å². The minimum Gasteiger partial charge on any atom is -0.0991 e. The summed E-state index contributed by atoms with van der Waals surface area (Å²) < 4.78 is 0. The standard InChI is InChI=1S/C13H14/c1-4-6-7-13-10-11(3)8-9-12(13)5-2/h4-10H,1-2H2,3H3/b7-6-. The van der Waals surface area contributed by atoms with E-state index in [0.29, 0.717) is 0 Å². The van der Waals surface area contributed by atoms with E-state index >= 15 is 0 Å². The highest BCUT2D eigenvalue weighted by Gasteiger charge is 1.94. The Balaban J connectivity index is 3.14. The van der Waals surface area contributed by atoms with Crippen LogP contribution >= 0.6 is 0 Å². The van der Waals surface area contributed by atoms with E-state index < -0.39 is 0 Å². The third-order valence-electron chi connectivity index (χ3n) is 1.87. The van der Waals surface area contributed by atoms with Crippen LogP contribution in [-0.4, -0.2) is 0 Å². The molecule has 0 heterocycles. The number of hydrogen-bond acceptors (Lipinski definition) is 0. The van der Waals surface area contributed by atoms with Crippen LogP contribution in [0.15, 0.2) is 43.5 Å². The van der Waals surface area contributed by atoms with E-state index in [1.54, 1.807) is 6.08 Å². The predicted molar refractivity (Wildman–Crippen MR) is 60.5 cm³/mol. The number of benzene rings is 1. The summed E-state index contributed by atoms with van der Waals surface area (Å²) in [6.07, 6.45) is 7.61. The van der Waals surface area contributed by atoms with Crippen LogP contribution in [0.1, 0.15) is 16.7 Å². The van der Waals surface area contributed by atoms with E-state index in [9.17, 15) is 0 Å². The summed E-state index contributed by atoms with van der Waals surface area (Å²) in [6, 6.07) is 6.30. The van der Waals surface area contributed by atoms with Crippen molar-refractivity contribution in [3.8, 4) is 0 Å². The molecule has 0 atom stereocenters. The maximum absolute atomic E-state index is 3.77. The molecule has 0 bridgehead atoms. The summed E-state index contributed by atoms with van der Waals surface area (Å²) in [7, 11) is 0. The van der Waals surface area contributed by atoms with Crippen molar-refractivity contribution in [3.05, 3.63) is 60.2 Å². The van der Waals surface area contributed by atoms with Crippen molar-refractivity contribution in [1.82, 2.24) is 0 Å². The van der Waals surface area contributed by atoms with Crippen molar-refractivity contribution < 1.29 is 0 Å². The molecule has 1 aromatic rings. The molecule has 0 spiro atoms. The maximum atomic E-state index is 3.77. The Labute approximate surface area is 79.9 Å². The van der Waals surface area contributed by atoms with Crippen molar-refractivity contribution in [1.29, 1.82) is 0 Å². The monoisotopic (exact) mass is 170 g/mol. The summed E-state index contributed by atoms with van der Waals surface area (Å²) in [5.74, 6) is 0. The SMILES string of the molecule is C=C/C=C\c1cc(C)ccc1C=C. The van der Waals surface area contributed by atoms with Gasteiger partial charge >= 0.3 is 0 Å².